The molecular weight excluding hydrogens is 198 g/mol. The number of nitrogens with zero attached hydrogens (tertiary/aromatic N) is 1. The molecule has 14 heavy (non-hydrogen) atoms. The van der Waals surface area contributed by atoms with Gasteiger partial charge in [0.25, 0.3) is 0 Å². The second-order valence-corrected chi connectivity index (χ2v) is 5.50. The lowest BCUT2D eigenvalue weighted by atomic mass is 10.0. The molecule has 0 saturated carbocycles. The lowest BCUT2D eigenvalue weighted by Crippen LogP contribution is -2.23. The van der Waals surface area contributed by atoms with Crippen LogP contribution in [0.2, 0.25) is 0 Å². The quantitative estimate of drug-likeness (QED) is 0.670. The van der Waals surface area contributed by atoms with Gasteiger partial charge in [0, 0.05) is 0 Å². The molecule has 0 spiro atoms. The number of carbonyl (C=O) groups is 1. The standard InChI is InChI=1S/C10H13NO2S/c1-9(2)7-8(10(3,4)13-9)14-6(5-12)11-7/h5H,1-4H3. The van der Waals surface area contributed by atoms with E-state index in [4.69, 9.17) is 4.74 Å². The van der Waals surface area contributed by atoms with Crippen molar-refractivity contribution in [3.05, 3.63) is 15.6 Å². The highest BCUT2D eigenvalue weighted by Crippen LogP contribution is 2.48. The van der Waals surface area contributed by atoms with Crippen molar-refractivity contribution >= 4 is 17.6 Å². The largest absolute Gasteiger partial charge is 0.358 e. The Bertz CT molecular complexity index is 361. The maximum absolute atomic E-state index is 10.6. The number of hydrogen-bond acceptors (Lipinski definition) is 4. The molecule has 0 amide bonds. The molecule has 0 unspecified atom stereocenters. The average Bonchev–Trinajstić information content (AvgIpc) is 2.51. The Balaban J connectivity index is 2.62. The molecule has 0 saturated heterocycles. The summed E-state index contributed by atoms with van der Waals surface area (Å²) >= 11 is 1.43. The smallest absolute Gasteiger partial charge is 0.178 e. The van der Waals surface area contributed by atoms with Crippen molar-refractivity contribution in [1.82, 2.24) is 4.98 Å². The molecule has 1 aliphatic heterocycles. The third-order valence-electron chi connectivity index (χ3n) is 2.37. The van der Waals surface area contributed by atoms with Gasteiger partial charge in [0.15, 0.2) is 11.3 Å². The first kappa shape index (κ1) is 9.80. The van der Waals surface area contributed by atoms with Crippen LogP contribution in [0, 0.1) is 0 Å². The summed E-state index contributed by atoms with van der Waals surface area (Å²) in [4.78, 5) is 16.0. The highest BCUT2D eigenvalue weighted by atomic mass is 32.1. The van der Waals surface area contributed by atoms with Crippen molar-refractivity contribution in [2.24, 2.45) is 0 Å². The summed E-state index contributed by atoms with van der Waals surface area (Å²) in [6.45, 7) is 7.98. The topological polar surface area (TPSA) is 39.2 Å². The molecular formula is C10H13NO2S. The van der Waals surface area contributed by atoms with Crippen LogP contribution >= 0.6 is 11.3 Å². The summed E-state index contributed by atoms with van der Waals surface area (Å²) in [6.07, 6.45) is 0.801. The first-order chi connectivity index (χ1) is 6.37. The first-order valence-electron chi connectivity index (χ1n) is 4.54. The van der Waals surface area contributed by atoms with Gasteiger partial charge < -0.3 is 4.74 Å². The maximum atomic E-state index is 10.6. The number of rotatable bonds is 1. The highest BCUT2D eigenvalue weighted by molar-refractivity contribution is 7.13. The van der Waals surface area contributed by atoms with Gasteiger partial charge in [-0.05, 0) is 27.7 Å². The van der Waals surface area contributed by atoms with Crippen LogP contribution in [0.5, 0.6) is 0 Å². The zero-order chi connectivity index (χ0) is 10.6. The van der Waals surface area contributed by atoms with E-state index in [2.05, 4.69) is 4.98 Å². The fraction of sp³-hybridized carbons (Fsp3) is 0.600. The fourth-order valence-electron chi connectivity index (χ4n) is 1.94. The summed E-state index contributed by atoms with van der Waals surface area (Å²) in [6, 6.07) is 0. The molecule has 0 atom stereocenters. The Morgan fingerprint density at radius 1 is 1.29 bits per heavy atom. The van der Waals surface area contributed by atoms with Crippen molar-refractivity contribution in [2.75, 3.05) is 0 Å². The Kier molecular flexibility index (Phi) is 1.85. The molecule has 2 rings (SSSR count). The zero-order valence-electron chi connectivity index (χ0n) is 8.75. The molecule has 0 radical (unpaired) electrons. The van der Waals surface area contributed by atoms with Crippen LogP contribution in [-0.4, -0.2) is 11.3 Å². The van der Waals surface area contributed by atoms with Crippen molar-refractivity contribution in [3.63, 3.8) is 0 Å². The van der Waals surface area contributed by atoms with E-state index < -0.39 is 0 Å². The Labute approximate surface area is 87.1 Å². The van der Waals surface area contributed by atoms with E-state index in [0.717, 1.165) is 16.9 Å². The van der Waals surface area contributed by atoms with Gasteiger partial charge in [-0.2, -0.15) is 0 Å². The number of thiazole rings is 1. The van der Waals surface area contributed by atoms with Gasteiger partial charge in [-0.3, -0.25) is 4.79 Å². The molecule has 76 valence electrons. The summed E-state index contributed by atoms with van der Waals surface area (Å²) in [5.74, 6) is 0. The minimum Gasteiger partial charge on any atom is -0.358 e. The van der Waals surface area contributed by atoms with E-state index in [1.807, 2.05) is 27.7 Å². The number of carbonyl (C=O) groups excluding carboxylic acids is 1. The predicted octanol–water partition coefficient (Wildman–Crippen LogP) is 2.46. The van der Waals surface area contributed by atoms with Gasteiger partial charge in [0.05, 0.1) is 16.2 Å². The Morgan fingerprint density at radius 3 is 2.43 bits per heavy atom. The third kappa shape index (κ3) is 1.21. The monoisotopic (exact) mass is 211 g/mol. The molecule has 0 N–H and O–H groups in total. The van der Waals surface area contributed by atoms with E-state index in [9.17, 15) is 4.79 Å². The molecule has 3 nitrogen and oxygen atoms in total. The summed E-state index contributed by atoms with van der Waals surface area (Å²) in [5.41, 5.74) is 0.212. The first-order valence-corrected chi connectivity index (χ1v) is 5.35. The van der Waals surface area contributed by atoms with E-state index in [-0.39, 0.29) is 11.2 Å². The van der Waals surface area contributed by atoms with Gasteiger partial charge in [0.2, 0.25) is 0 Å². The van der Waals surface area contributed by atoms with Gasteiger partial charge in [-0.25, -0.2) is 4.98 Å². The number of aromatic nitrogens is 1. The molecule has 1 aromatic rings. The van der Waals surface area contributed by atoms with E-state index in [0.29, 0.717) is 5.01 Å². The summed E-state index contributed by atoms with van der Waals surface area (Å²) in [5, 5.41) is 0.541. The van der Waals surface area contributed by atoms with Crippen LogP contribution in [0.15, 0.2) is 0 Å². The van der Waals surface area contributed by atoms with Gasteiger partial charge in [-0.1, -0.05) is 0 Å². The Hall–Kier alpha value is -0.740. The van der Waals surface area contributed by atoms with Crippen molar-refractivity contribution < 1.29 is 9.53 Å². The molecule has 4 heteroatoms. The maximum Gasteiger partial charge on any atom is 0.178 e. The Morgan fingerprint density at radius 2 is 1.93 bits per heavy atom. The molecule has 1 aliphatic rings. The van der Waals surface area contributed by atoms with Crippen LogP contribution in [0.3, 0.4) is 0 Å². The third-order valence-corrected chi connectivity index (χ3v) is 3.66. The number of aldehydes is 1. The molecule has 0 aliphatic carbocycles. The van der Waals surface area contributed by atoms with Crippen LogP contribution in [0.4, 0.5) is 0 Å². The SMILES string of the molecule is CC1(C)OC(C)(C)c2sc(C=O)nc21. The fourth-order valence-corrected chi connectivity index (χ4v) is 3.01. The number of ether oxygens (including phenoxy) is 1. The molecule has 1 aromatic heterocycles. The summed E-state index contributed by atoms with van der Waals surface area (Å²) in [7, 11) is 0. The summed E-state index contributed by atoms with van der Waals surface area (Å²) < 4.78 is 5.88. The van der Waals surface area contributed by atoms with E-state index >= 15 is 0 Å². The van der Waals surface area contributed by atoms with Crippen molar-refractivity contribution in [3.8, 4) is 0 Å². The van der Waals surface area contributed by atoms with E-state index in [1.54, 1.807) is 0 Å². The molecule has 2 heterocycles. The number of hydrogen-bond donors (Lipinski definition) is 0. The van der Waals surface area contributed by atoms with Crippen LogP contribution < -0.4 is 0 Å². The molecule has 0 aromatic carbocycles. The van der Waals surface area contributed by atoms with Gasteiger partial charge in [-0.15, -0.1) is 11.3 Å². The number of fused-ring (bicyclic) bond motifs is 1. The second kappa shape index (κ2) is 2.64. The predicted molar refractivity (Wildman–Crippen MR) is 54.6 cm³/mol. The minimum atomic E-state index is -0.378. The highest BCUT2D eigenvalue weighted by Gasteiger charge is 2.46. The van der Waals surface area contributed by atoms with Crippen LogP contribution in [-0.2, 0) is 15.9 Å². The lowest BCUT2D eigenvalue weighted by molar-refractivity contribution is -0.105. The van der Waals surface area contributed by atoms with E-state index in [1.165, 1.54) is 11.3 Å². The normalized spacial score (nSPS) is 22.0. The lowest BCUT2D eigenvalue weighted by Gasteiger charge is -2.24. The van der Waals surface area contributed by atoms with Crippen molar-refractivity contribution in [1.29, 1.82) is 0 Å². The zero-order valence-corrected chi connectivity index (χ0v) is 9.57. The van der Waals surface area contributed by atoms with Gasteiger partial charge in [0.1, 0.15) is 5.60 Å². The molecule has 0 bridgehead atoms. The average molecular weight is 211 g/mol. The van der Waals surface area contributed by atoms with Crippen LogP contribution in [0.1, 0.15) is 48.1 Å². The van der Waals surface area contributed by atoms with Crippen LogP contribution in [0.25, 0.3) is 0 Å². The second-order valence-electron chi connectivity index (χ2n) is 4.47. The minimum absolute atomic E-state index is 0.322. The van der Waals surface area contributed by atoms with Crippen molar-refractivity contribution in [2.45, 2.75) is 38.9 Å². The van der Waals surface area contributed by atoms with Gasteiger partial charge >= 0.3 is 0 Å². The molecule has 0 fully saturated rings.